The Balaban J connectivity index is 0.00000225. The van der Waals surface area contributed by atoms with Crippen LogP contribution in [0.2, 0.25) is 0 Å². The molecule has 2 N–H and O–H groups in total. The minimum absolute atomic E-state index is 0. The van der Waals surface area contributed by atoms with E-state index in [1.54, 1.807) is 18.4 Å². The molecule has 0 amide bonds. The summed E-state index contributed by atoms with van der Waals surface area (Å²) in [4.78, 5) is 9.68. The highest BCUT2D eigenvalue weighted by atomic mass is 127. The summed E-state index contributed by atoms with van der Waals surface area (Å²) >= 11 is 1.68. The fraction of sp³-hybridized carbons (Fsp3) is 0.412. The van der Waals surface area contributed by atoms with Gasteiger partial charge in [0, 0.05) is 48.6 Å². The van der Waals surface area contributed by atoms with Crippen molar-refractivity contribution in [2.45, 2.75) is 31.7 Å². The Bertz CT molecular complexity index is 730. The molecule has 4 nitrogen and oxygen atoms in total. The van der Waals surface area contributed by atoms with E-state index in [0.29, 0.717) is 18.9 Å². The van der Waals surface area contributed by atoms with Crippen LogP contribution in [0.4, 0.5) is 8.78 Å². The molecule has 1 heterocycles. The standard InChI is InChI=1S/C17H20F2N4S.HI/c1-10-9-22-15(24-10)6-7-21-17(20-2)23-14-8-11(14)16-12(18)4-3-5-13(16)19;/h3-5,9,11,14H,6-8H2,1-2H3,(H2,20,21,23);1H. The van der Waals surface area contributed by atoms with Gasteiger partial charge in [0.1, 0.15) is 11.6 Å². The molecule has 2 unspecified atom stereocenters. The van der Waals surface area contributed by atoms with Crippen molar-refractivity contribution in [3.8, 4) is 0 Å². The Morgan fingerprint density at radius 3 is 2.68 bits per heavy atom. The first-order valence-electron chi connectivity index (χ1n) is 7.91. The Labute approximate surface area is 167 Å². The van der Waals surface area contributed by atoms with Crippen LogP contribution in [-0.2, 0) is 6.42 Å². The summed E-state index contributed by atoms with van der Waals surface area (Å²) in [6, 6.07) is 4.00. The van der Waals surface area contributed by atoms with E-state index in [1.807, 2.05) is 13.1 Å². The number of thiazole rings is 1. The number of benzene rings is 1. The van der Waals surface area contributed by atoms with Crippen LogP contribution < -0.4 is 10.6 Å². The van der Waals surface area contributed by atoms with Crippen LogP contribution in [0, 0.1) is 18.6 Å². The SMILES string of the molecule is CN=C(NCCc1ncc(C)s1)NC1CC1c1c(F)cccc1F.I. The topological polar surface area (TPSA) is 49.3 Å². The van der Waals surface area contributed by atoms with E-state index in [1.165, 1.54) is 23.1 Å². The monoisotopic (exact) mass is 478 g/mol. The maximum Gasteiger partial charge on any atom is 0.191 e. The molecular weight excluding hydrogens is 457 g/mol. The Kier molecular flexibility index (Phi) is 7.12. The highest BCUT2D eigenvalue weighted by Gasteiger charge is 2.42. The van der Waals surface area contributed by atoms with Crippen LogP contribution in [-0.4, -0.2) is 30.6 Å². The molecule has 8 heteroatoms. The molecule has 1 aliphatic carbocycles. The molecule has 1 fully saturated rings. The van der Waals surface area contributed by atoms with Crippen molar-refractivity contribution in [1.29, 1.82) is 0 Å². The number of rotatable bonds is 5. The Morgan fingerprint density at radius 2 is 2.08 bits per heavy atom. The quantitative estimate of drug-likeness (QED) is 0.392. The average Bonchev–Trinajstić information content (AvgIpc) is 3.17. The van der Waals surface area contributed by atoms with E-state index >= 15 is 0 Å². The van der Waals surface area contributed by atoms with E-state index < -0.39 is 11.6 Å². The molecule has 1 aliphatic rings. The molecule has 2 aromatic rings. The number of nitrogens with one attached hydrogen (secondary N) is 2. The van der Waals surface area contributed by atoms with E-state index in [4.69, 9.17) is 0 Å². The third kappa shape index (κ3) is 5.10. The lowest BCUT2D eigenvalue weighted by Gasteiger charge is -2.11. The third-order valence-electron chi connectivity index (χ3n) is 4.01. The first-order chi connectivity index (χ1) is 11.6. The molecular formula is C17H21F2IN4S. The van der Waals surface area contributed by atoms with Crippen molar-refractivity contribution in [2.75, 3.05) is 13.6 Å². The first-order valence-corrected chi connectivity index (χ1v) is 8.72. The van der Waals surface area contributed by atoms with Crippen molar-refractivity contribution in [3.63, 3.8) is 0 Å². The Hall–Kier alpha value is -1.29. The summed E-state index contributed by atoms with van der Waals surface area (Å²) in [7, 11) is 1.68. The second kappa shape index (κ2) is 8.88. The molecule has 0 radical (unpaired) electrons. The number of hydrogen-bond acceptors (Lipinski definition) is 3. The third-order valence-corrected chi connectivity index (χ3v) is 4.98. The molecule has 25 heavy (non-hydrogen) atoms. The molecule has 1 aromatic heterocycles. The van der Waals surface area contributed by atoms with Gasteiger partial charge in [0.05, 0.1) is 5.01 Å². The lowest BCUT2D eigenvalue weighted by Crippen LogP contribution is -2.40. The van der Waals surface area contributed by atoms with Gasteiger partial charge in [0.2, 0.25) is 0 Å². The molecule has 1 saturated carbocycles. The number of aryl methyl sites for hydroxylation is 1. The minimum Gasteiger partial charge on any atom is -0.356 e. The number of aromatic nitrogens is 1. The molecule has 1 aromatic carbocycles. The summed E-state index contributed by atoms with van der Waals surface area (Å²) < 4.78 is 27.6. The van der Waals surface area contributed by atoms with Crippen molar-refractivity contribution in [3.05, 3.63) is 51.5 Å². The lowest BCUT2D eigenvalue weighted by atomic mass is 10.1. The predicted octanol–water partition coefficient (Wildman–Crippen LogP) is 3.61. The average molecular weight is 478 g/mol. The van der Waals surface area contributed by atoms with Gasteiger partial charge in [0.25, 0.3) is 0 Å². The van der Waals surface area contributed by atoms with Crippen LogP contribution in [0.15, 0.2) is 29.4 Å². The summed E-state index contributed by atoms with van der Waals surface area (Å²) in [5.74, 6) is -0.461. The number of nitrogens with zero attached hydrogens (tertiary/aromatic N) is 2. The van der Waals surface area contributed by atoms with Crippen molar-refractivity contribution in [1.82, 2.24) is 15.6 Å². The fourth-order valence-electron chi connectivity index (χ4n) is 2.71. The minimum atomic E-state index is -0.480. The van der Waals surface area contributed by atoms with E-state index in [0.717, 1.165) is 11.4 Å². The molecule has 2 atom stereocenters. The molecule has 3 rings (SSSR count). The normalized spacial score (nSPS) is 19.3. The van der Waals surface area contributed by atoms with Gasteiger partial charge in [0.15, 0.2) is 5.96 Å². The molecule has 0 bridgehead atoms. The van der Waals surface area contributed by atoms with E-state index in [2.05, 4.69) is 20.6 Å². The van der Waals surface area contributed by atoms with Gasteiger partial charge in [-0.15, -0.1) is 35.3 Å². The van der Waals surface area contributed by atoms with E-state index in [9.17, 15) is 8.78 Å². The van der Waals surface area contributed by atoms with Crippen molar-refractivity contribution < 1.29 is 8.78 Å². The first kappa shape index (κ1) is 20.0. The fourth-order valence-corrected chi connectivity index (χ4v) is 3.50. The molecule has 136 valence electrons. The summed E-state index contributed by atoms with van der Waals surface area (Å²) in [6.07, 6.45) is 3.38. The van der Waals surface area contributed by atoms with Crippen molar-refractivity contribution in [2.24, 2.45) is 4.99 Å². The lowest BCUT2D eigenvalue weighted by molar-refractivity contribution is 0.553. The molecule has 0 saturated heterocycles. The number of guanidine groups is 1. The maximum atomic E-state index is 13.8. The van der Waals surface area contributed by atoms with Gasteiger partial charge in [-0.2, -0.15) is 0 Å². The molecule has 0 aliphatic heterocycles. The Morgan fingerprint density at radius 1 is 1.36 bits per heavy atom. The van der Waals surface area contributed by atoms with Gasteiger partial charge < -0.3 is 10.6 Å². The van der Waals surface area contributed by atoms with Crippen LogP contribution in [0.5, 0.6) is 0 Å². The van der Waals surface area contributed by atoms with Crippen LogP contribution in [0.1, 0.15) is 27.8 Å². The maximum absolute atomic E-state index is 13.8. The molecule has 0 spiro atoms. The number of aliphatic imine (C=N–C) groups is 1. The zero-order valence-electron chi connectivity index (χ0n) is 14.1. The zero-order valence-corrected chi connectivity index (χ0v) is 17.2. The van der Waals surface area contributed by atoms with Gasteiger partial charge in [-0.1, -0.05) is 6.07 Å². The summed E-state index contributed by atoms with van der Waals surface area (Å²) in [6.45, 7) is 2.74. The number of halogens is 3. The number of hydrogen-bond donors (Lipinski definition) is 2. The highest BCUT2D eigenvalue weighted by Crippen LogP contribution is 2.42. The van der Waals surface area contributed by atoms with E-state index in [-0.39, 0.29) is 41.5 Å². The van der Waals surface area contributed by atoms with Gasteiger partial charge in [-0.25, -0.2) is 13.8 Å². The zero-order chi connectivity index (χ0) is 17.1. The summed E-state index contributed by atoms with van der Waals surface area (Å²) in [5, 5.41) is 7.52. The van der Waals surface area contributed by atoms with Gasteiger partial charge in [-0.3, -0.25) is 4.99 Å². The largest absolute Gasteiger partial charge is 0.356 e. The van der Waals surface area contributed by atoms with Gasteiger partial charge in [-0.05, 0) is 25.5 Å². The van der Waals surface area contributed by atoms with Crippen molar-refractivity contribution >= 4 is 41.3 Å². The smallest absolute Gasteiger partial charge is 0.191 e. The summed E-state index contributed by atoms with van der Waals surface area (Å²) in [5.41, 5.74) is 0.170. The van der Waals surface area contributed by atoms with Crippen LogP contribution in [0.25, 0.3) is 0 Å². The van der Waals surface area contributed by atoms with Gasteiger partial charge >= 0.3 is 0 Å². The van der Waals surface area contributed by atoms with Crippen LogP contribution >= 0.6 is 35.3 Å². The predicted molar refractivity (Wildman–Crippen MR) is 108 cm³/mol. The van der Waals surface area contributed by atoms with Crippen LogP contribution in [0.3, 0.4) is 0 Å². The highest BCUT2D eigenvalue weighted by molar-refractivity contribution is 14.0. The second-order valence-electron chi connectivity index (χ2n) is 5.84. The second-order valence-corrected chi connectivity index (χ2v) is 7.16.